The lowest BCUT2D eigenvalue weighted by molar-refractivity contribution is -0.174. The number of rotatable bonds is 1. The lowest BCUT2D eigenvalue weighted by atomic mass is 10.1. The van der Waals surface area contributed by atoms with Crippen LogP contribution in [0.5, 0.6) is 0 Å². The maximum Gasteiger partial charge on any atom is 0.471 e. The first-order valence-electron chi connectivity index (χ1n) is 5.00. The van der Waals surface area contributed by atoms with Gasteiger partial charge in [0.1, 0.15) is 6.17 Å². The van der Waals surface area contributed by atoms with Gasteiger partial charge in [0.05, 0.1) is 6.04 Å². The number of nitrogens with one attached hydrogen (secondary N) is 1. The maximum atomic E-state index is 13.5. The molecule has 1 aliphatic carbocycles. The highest BCUT2D eigenvalue weighted by molar-refractivity contribution is 5.82. The van der Waals surface area contributed by atoms with E-state index in [2.05, 4.69) is 0 Å². The van der Waals surface area contributed by atoms with Crippen molar-refractivity contribution in [2.75, 3.05) is 0 Å². The van der Waals surface area contributed by atoms with Crippen molar-refractivity contribution in [1.82, 2.24) is 5.32 Å². The van der Waals surface area contributed by atoms with E-state index >= 15 is 0 Å². The third-order valence-corrected chi connectivity index (χ3v) is 2.71. The van der Waals surface area contributed by atoms with Crippen molar-refractivity contribution in [2.45, 2.75) is 24.8 Å². The first kappa shape index (κ1) is 11.9. The molecule has 0 heterocycles. The summed E-state index contributed by atoms with van der Waals surface area (Å²) in [5, 5.41) is 1.80. The zero-order chi connectivity index (χ0) is 12.6. The Morgan fingerprint density at radius 1 is 1.24 bits per heavy atom. The van der Waals surface area contributed by atoms with Gasteiger partial charge in [-0.1, -0.05) is 24.3 Å². The van der Waals surface area contributed by atoms with Crippen LogP contribution in [0.4, 0.5) is 17.6 Å². The number of benzene rings is 1. The molecule has 0 fully saturated rings. The molecule has 17 heavy (non-hydrogen) atoms. The second-order valence-corrected chi connectivity index (χ2v) is 3.86. The highest BCUT2D eigenvalue weighted by Crippen LogP contribution is 2.41. The van der Waals surface area contributed by atoms with Crippen molar-refractivity contribution in [1.29, 1.82) is 0 Å². The van der Waals surface area contributed by atoms with Gasteiger partial charge in [0, 0.05) is 6.42 Å². The van der Waals surface area contributed by atoms with Gasteiger partial charge >= 0.3 is 12.1 Å². The fourth-order valence-electron chi connectivity index (χ4n) is 1.95. The summed E-state index contributed by atoms with van der Waals surface area (Å²) in [6, 6.07) is 5.34. The van der Waals surface area contributed by atoms with Gasteiger partial charge in [-0.3, -0.25) is 4.79 Å². The largest absolute Gasteiger partial charge is 0.471 e. The molecule has 0 aromatic heterocycles. The van der Waals surface area contributed by atoms with Crippen molar-refractivity contribution >= 4 is 5.91 Å². The molecule has 1 N–H and O–H groups in total. The van der Waals surface area contributed by atoms with Crippen LogP contribution >= 0.6 is 0 Å². The van der Waals surface area contributed by atoms with Crippen LogP contribution in [-0.2, 0) is 4.79 Å². The lowest BCUT2D eigenvalue weighted by Gasteiger charge is -2.14. The summed E-state index contributed by atoms with van der Waals surface area (Å²) in [5.74, 6) is -2.04. The Hall–Kier alpha value is -1.59. The molecule has 6 heteroatoms. The van der Waals surface area contributed by atoms with E-state index in [0.29, 0.717) is 11.1 Å². The van der Waals surface area contributed by atoms with Crippen LogP contribution in [0.1, 0.15) is 29.8 Å². The molecule has 0 saturated heterocycles. The maximum absolute atomic E-state index is 13.5. The van der Waals surface area contributed by atoms with Gasteiger partial charge in [-0.2, -0.15) is 13.2 Å². The van der Waals surface area contributed by atoms with Crippen LogP contribution in [0.2, 0.25) is 0 Å². The Labute approximate surface area is 94.6 Å². The monoisotopic (exact) mass is 247 g/mol. The normalized spacial score (nSPS) is 23.3. The average molecular weight is 247 g/mol. The van der Waals surface area contributed by atoms with Gasteiger partial charge in [-0.15, -0.1) is 0 Å². The van der Waals surface area contributed by atoms with E-state index in [9.17, 15) is 22.4 Å². The van der Waals surface area contributed by atoms with E-state index in [1.54, 1.807) is 17.4 Å². The predicted octanol–water partition coefficient (Wildman–Crippen LogP) is 2.82. The smallest absolute Gasteiger partial charge is 0.341 e. The molecule has 2 atom stereocenters. The zero-order valence-electron chi connectivity index (χ0n) is 8.59. The van der Waals surface area contributed by atoms with Gasteiger partial charge in [0.2, 0.25) is 0 Å². The van der Waals surface area contributed by atoms with E-state index in [1.807, 2.05) is 0 Å². The Morgan fingerprint density at radius 2 is 1.82 bits per heavy atom. The van der Waals surface area contributed by atoms with Crippen LogP contribution < -0.4 is 5.32 Å². The highest BCUT2D eigenvalue weighted by atomic mass is 19.4. The fourth-order valence-corrected chi connectivity index (χ4v) is 1.95. The molecule has 1 aromatic carbocycles. The Kier molecular flexibility index (Phi) is 2.81. The van der Waals surface area contributed by atoms with E-state index < -0.39 is 24.3 Å². The van der Waals surface area contributed by atoms with Gasteiger partial charge in [0.15, 0.2) is 0 Å². The molecule has 0 spiro atoms. The number of alkyl halides is 4. The van der Waals surface area contributed by atoms with Crippen LogP contribution in [0, 0.1) is 0 Å². The first-order valence-corrected chi connectivity index (χ1v) is 5.00. The van der Waals surface area contributed by atoms with E-state index in [0.717, 1.165) is 0 Å². The van der Waals surface area contributed by atoms with Crippen molar-refractivity contribution in [3.63, 3.8) is 0 Å². The Bertz CT molecular complexity index is 443. The number of hydrogen-bond acceptors (Lipinski definition) is 1. The van der Waals surface area contributed by atoms with E-state index in [1.165, 1.54) is 12.1 Å². The summed E-state index contributed by atoms with van der Waals surface area (Å²) in [5.41, 5.74) is 0.762. The lowest BCUT2D eigenvalue weighted by Crippen LogP contribution is -2.38. The van der Waals surface area contributed by atoms with Crippen LogP contribution in [0.15, 0.2) is 24.3 Å². The molecular formula is C11H9F4NO. The van der Waals surface area contributed by atoms with Gasteiger partial charge < -0.3 is 5.32 Å². The molecule has 92 valence electrons. The highest BCUT2D eigenvalue weighted by Gasteiger charge is 2.42. The minimum Gasteiger partial charge on any atom is -0.341 e. The first-order chi connectivity index (χ1) is 7.89. The van der Waals surface area contributed by atoms with Crippen molar-refractivity contribution in [3.8, 4) is 0 Å². The van der Waals surface area contributed by atoms with Gasteiger partial charge in [-0.05, 0) is 11.1 Å². The standard InChI is InChI=1S/C11H9F4NO/c12-8-5-9(16-10(17)11(13,14)15)7-4-2-1-3-6(7)8/h1-4,8-9H,5H2,(H,16,17)/t8-,9-/m1/s1. The third-order valence-electron chi connectivity index (χ3n) is 2.71. The molecule has 2 nitrogen and oxygen atoms in total. The van der Waals surface area contributed by atoms with Gasteiger partial charge in [-0.25, -0.2) is 4.39 Å². The minimum absolute atomic E-state index is 0.152. The molecule has 0 aliphatic heterocycles. The second kappa shape index (κ2) is 4.01. The molecule has 0 bridgehead atoms. The summed E-state index contributed by atoms with van der Waals surface area (Å²) in [7, 11) is 0. The molecule has 0 radical (unpaired) electrons. The summed E-state index contributed by atoms with van der Waals surface area (Å²) < 4.78 is 49.7. The SMILES string of the molecule is O=C(N[C@@H]1C[C@@H](F)c2ccccc21)C(F)(F)F. The number of amides is 1. The van der Waals surface area contributed by atoms with Crippen molar-refractivity contribution in [3.05, 3.63) is 35.4 Å². The topological polar surface area (TPSA) is 29.1 Å². The van der Waals surface area contributed by atoms with Crippen molar-refractivity contribution < 1.29 is 22.4 Å². The number of fused-ring (bicyclic) bond motifs is 1. The van der Waals surface area contributed by atoms with Crippen LogP contribution in [-0.4, -0.2) is 12.1 Å². The van der Waals surface area contributed by atoms with Crippen molar-refractivity contribution in [2.24, 2.45) is 0 Å². The predicted molar refractivity (Wildman–Crippen MR) is 51.8 cm³/mol. The molecule has 2 rings (SSSR count). The Morgan fingerprint density at radius 3 is 2.41 bits per heavy atom. The summed E-state index contributed by atoms with van der Waals surface area (Å²) >= 11 is 0. The van der Waals surface area contributed by atoms with E-state index in [-0.39, 0.29) is 6.42 Å². The molecule has 1 aliphatic rings. The Balaban J connectivity index is 2.18. The molecule has 1 aromatic rings. The van der Waals surface area contributed by atoms with E-state index in [4.69, 9.17) is 0 Å². The molecule has 1 amide bonds. The molecule has 0 saturated carbocycles. The second-order valence-electron chi connectivity index (χ2n) is 3.86. The van der Waals surface area contributed by atoms with Gasteiger partial charge in [0.25, 0.3) is 0 Å². The summed E-state index contributed by atoms with van der Waals surface area (Å²) in [6.07, 6.45) is -6.42. The number of carbonyl (C=O) groups is 1. The molecule has 0 unspecified atom stereocenters. The number of carbonyl (C=O) groups excluding carboxylic acids is 1. The third kappa shape index (κ3) is 2.25. The number of hydrogen-bond donors (Lipinski definition) is 1. The fraction of sp³-hybridized carbons (Fsp3) is 0.364. The minimum atomic E-state index is -4.94. The zero-order valence-corrected chi connectivity index (χ0v) is 8.59. The van der Waals surface area contributed by atoms with Crippen LogP contribution in [0.25, 0.3) is 0 Å². The molecular weight excluding hydrogens is 238 g/mol. The quantitative estimate of drug-likeness (QED) is 0.759. The summed E-state index contributed by atoms with van der Waals surface area (Å²) in [4.78, 5) is 10.8. The number of halogens is 4. The summed E-state index contributed by atoms with van der Waals surface area (Å²) in [6.45, 7) is 0. The van der Waals surface area contributed by atoms with Crippen LogP contribution in [0.3, 0.4) is 0 Å². The average Bonchev–Trinajstić information content (AvgIpc) is 2.56.